The first-order chi connectivity index (χ1) is 8.08. The topological polar surface area (TPSA) is 90.0 Å². The number of urea groups is 1. The predicted molar refractivity (Wildman–Crippen MR) is 57.3 cm³/mol. The van der Waals surface area contributed by atoms with Gasteiger partial charge in [-0.3, -0.25) is 9.59 Å². The van der Waals surface area contributed by atoms with Gasteiger partial charge in [0.25, 0.3) is 0 Å². The number of hydrogen-bond donors (Lipinski definition) is 2. The van der Waals surface area contributed by atoms with E-state index in [0.717, 1.165) is 0 Å². The van der Waals surface area contributed by atoms with Gasteiger partial charge in [0.05, 0.1) is 12.5 Å². The maximum Gasteiger partial charge on any atom is 0.317 e. The summed E-state index contributed by atoms with van der Waals surface area (Å²) >= 11 is 0. The smallest absolute Gasteiger partial charge is 0.317 e. The van der Waals surface area contributed by atoms with Gasteiger partial charge in [0.15, 0.2) is 0 Å². The molecule has 0 saturated carbocycles. The van der Waals surface area contributed by atoms with Gasteiger partial charge < -0.3 is 20.2 Å². The van der Waals surface area contributed by atoms with Crippen LogP contribution in [-0.2, 0) is 9.59 Å². The molecule has 0 bridgehead atoms. The van der Waals surface area contributed by atoms with Gasteiger partial charge in [0, 0.05) is 32.6 Å². The van der Waals surface area contributed by atoms with E-state index in [9.17, 15) is 14.4 Å². The van der Waals surface area contributed by atoms with Crippen molar-refractivity contribution >= 4 is 17.9 Å². The largest absolute Gasteiger partial charge is 0.481 e. The first-order valence-corrected chi connectivity index (χ1v) is 5.62. The molecular weight excluding hydrogens is 226 g/mol. The molecule has 1 unspecified atom stereocenters. The van der Waals surface area contributed by atoms with Gasteiger partial charge in [-0.05, 0) is 0 Å². The second-order valence-corrected chi connectivity index (χ2v) is 4.27. The molecule has 0 radical (unpaired) electrons. The number of amides is 3. The molecule has 0 aliphatic carbocycles. The van der Waals surface area contributed by atoms with Crippen LogP contribution in [0.5, 0.6) is 0 Å². The van der Waals surface area contributed by atoms with E-state index in [2.05, 4.69) is 5.32 Å². The Hall–Kier alpha value is -1.79. The number of rotatable bonds is 3. The van der Waals surface area contributed by atoms with Crippen LogP contribution >= 0.6 is 0 Å². The highest BCUT2D eigenvalue weighted by molar-refractivity contribution is 5.82. The molecule has 94 valence electrons. The number of aliphatic carboxylic acids is 1. The molecule has 7 nitrogen and oxygen atoms in total. The molecule has 0 aromatic rings. The van der Waals surface area contributed by atoms with Crippen LogP contribution in [0, 0.1) is 0 Å². The molecule has 0 spiro atoms. The normalized spacial score (nSPS) is 23.3. The Morgan fingerprint density at radius 1 is 1.35 bits per heavy atom. The van der Waals surface area contributed by atoms with Crippen molar-refractivity contribution in [3.63, 3.8) is 0 Å². The summed E-state index contributed by atoms with van der Waals surface area (Å²) in [5, 5.41) is 11.2. The van der Waals surface area contributed by atoms with Gasteiger partial charge in [0.2, 0.25) is 5.91 Å². The van der Waals surface area contributed by atoms with E-state index in [1.165, 1.54) is 0 Å². The van der Waals surface area contributed by atoms with Gasteiger partial charge in [-0.25, -0.2) is 4.79 Å². The number of nitrogens with zero attached hydrogens (tertiary/aromatic N) is 2. The first-order valence-electron chi connectivity index (χ1n) is 5.62. The minimum atomic E-state index is -0.963. The van der Waals surface area contributed by atoms with Crippen molar-refractivity contribution in [3.05, 3.63) is 0 Å². The zero-order valence-corrected chi connectivity index (χ0v) is 9.39. The van der Waals surface area contributed by atoms with Crippen molar-refractivity contribution in [2.45, 2.75) is 18.9 Å². The van der Waals surface area contributed by atoms with Crippen LogP contribution < -0.4 is 5.32 Å². The summed E-state index contributed by atoms with van der Waals surface area (Å²) in [6.45, 7) is 2.07. The Bertz CT molecular complexity index is 357. The van der Waals surface area contributed by atoms with Crippen molar-refractivity contribution in [2.75, 3.05) is 26.2 Å². The first kappa shape index (κ1) is 11.7. The Balaban J connectivity index is 1.86. The van der Waals surface area contributed by atoms with Gasteiger partial charge in [-0.2, -0.15) is 0 Å². The molecule has 0 aromatic carbocycles. The lowest BCUT2D eigenvalue weighted by atomic mass is 10.1. The summed E-state index contributed by atoms with van der Waals surface area (Å²) in [7, 11) is 0. The predicted octanol–water partition coefficient (Wildman–Crippen LogP) is -0.913. The van der Waals surface area contributed by atoms with Crippen molar-refractivity contribution in [1.29, 1.82) is 0 Å². The molecule has 2 saturated heterocycles. The second kappa shape index (κ2) is 4.60. The second-order valence-electron chi connectivity index (χ2n) is 4.27. The molecule has 2 aliphatic heterocycles. The van der Waals surface area contributed by atoms with Crippen LogP contribution in [0.2, 0.25) is 0 Å². The summed E-state index contributed by atoms with van der Waals surface area (Å²) < 4.78 is 0. The van der Waals surface area contributed by atoms with Crippen molar-refractivity contribution in [2.24, 2.45) is 0 Å². The molecule has 0 aromatic heterocycles. The molecule has 1 atom stereocenters. The molecule has 2 rings (SSSR count). The van der Waals surface area contributed by atoms with Gasteiger partial charge >= 0.3 is 12.0 Å². The SMILES string of the molecule is O=C(O)CCC(=O)N1CCN2C(=O)NCC2C1. The van der Waals surface area contributed by atoms with Crippen LogP contribution in [0.25, 0.3) is 0 Å². The quantitative estimate of drug-likeness (QED) is 0.669. The van der Waals surface area contributed by atoms with E-state index < -0.39 is 5.97 Å². The zero-order valence-electron chi connectivity index (χ0n) is 9.39. The monoisotopic (exact) mass is 241 g/mol. The Morgan fingerprint density at radius 2 is 2.12 bits per heavy atom. The van der Waals surface area contributed by atoms with Gasteiger partial charge in [0.1, 0.15) is 0 Å². The lowest BCUT2D eigenvalue weighted by Crippen LogP contribution is -2.53. The number of carboxylic acids is 1. The maximum atomic E-state index is 11.7. The van der Waals surface area contributed by atoms with Crippen LogP contribution in [0.4, 0.5) is 4.79 Å². The molecule has 2 fully saturated rings. The average molecular weight is 241 g/mol. The standard InChI is InChI=1S/C10H15N3O4/c14-8(1-2-9(15)16)12-3-4-13-7(6-12)5-11-10(13)17/h7H,1-6H2,(H,11,17)(H,15,16). The summed E-state index contributed by atoms with van der Waals surface area (Å²) in [6.07, 6.45) is -0.107. The third kappa shape index (κ3) is 2.48. The number of carbonyl (C=O) groups excluding carboxylic acids is 2. The van der Waals surface area contributed by atoms with E-state index in [4.69, 9.17) is 5.11 Å². The number of piperazine rings is 1. The number of carbonyl (C=O) groups is 3. The molecule has 2 heterocycles. The van der Waals surface area contributed by atoms with E-state index >= 15 is 0 Å². The Morgan fingerprint density at radius 3 is 2.82 bits per heavy atom. The number of hydrogen-bond acceptors (Lipinski definition) is 3. The molecule has 3 amide bonds. The fourth-order valence-electron chi connectivity index (χ4n) is 2.20. The molecule has 2 N–H and O–H groups in total. The van der Waals surface area contributed by atoms with Crippen LogP contribution in [0.1, 0.15) is 12.8 Å². The van der Waals surface area contributed by atoms with Gasteiger partial charge in [-0.1, -0.05) is 0 Å². The Kier molecular flexibility index (Phi) is 3.16. The lowest BCUT2D eigenvalue weighted by Gasteiger charge is -2.36. The van der Waals surface area contributed by atoms with E-state index in [-0.39, 0.29) is 30.8 Å². The van der Waals surface area contributed by atoms with Crippen LogP contribution in [-0.4, -0.2) is 65.0 Å². The molecule has 17 heavy (non-hydrogen) atoms. The van der Waals surface area contributed by atoms with Crippen LogP contribution in [0.3, 0.4) is 0 Å². The van der Waals surface area contributed by atoms with Gasteiger partial charge in [-0.15, -0.1) is 0 Å². The summed E-state index contributed by atoms with van der Waals surface area (Å²) in [5.74, 6) is -1.11. The molecule has 2 aliphatic rings. The fraction of sp³-hybridized carbons (Fsp3) is 0.700. The third-order valence-electron chi connectivity index (χ3n) is 3.14. The summed E-state index contributed by atoms with van der Waals surface area (Å²) in [5.41, 5.74) is 0. The highest BCUT2D eigenvalue weighted by Crippen LogP contribution is 2.15. The summed E-state index contributed by atoms with van der Waals surface area (Å²) in [4.78, 5) is 36.8. The van der Waals surface area contributed by atoms with Crippen LogP contribution in [0.15, 0.2) is 0 Å². The molecule has 7 heteroatoms. The number of carboxylic acid groups (broad SMARTS) is 1. The highest BCUT2D eigenvalue weighted by Gasteiger charge is 2.36. The Labute approximate surface area is 98.4 Å². The number of fused-ring (bicyclic) bond motifs is 1. The maximum absolute atomic E-state index is 11.7. The fourth-order valence-corrected chi connectivity index (χ4v) is 2.20. The minimum Gasteiger partial charge on any atom is -0.481 e. The summed E-state index contributed by atoms with van der Waals surface area (Å²) in [6, 6.07) is -0.0438. The average Bonchev–Trinajstić information content (AvgIpc) is 2.67. The van der Waals surface area contributed by atoms with E-state index in [1.54, 1.807) is 9.80 Å². The zero-order chi connectivity index (χ0) is 12.4. The van der Waals surface area contributed by atoms with Crippen molar-refractivity contribution in [1.82, 2.24) is 15.1 Å². The number of nitrogens with one attached hydrogen (secondary N) is 1. The molecular formula is C10H15N3O4. The van der Waals surface area contributed by atoms with E-state index in [1.807, 2.05) is 0 Å². The van der Waals surface area contributed by atoms with Crippen molar-refractivity contribution < 1.29 is 19.5 Å². The minimum absolute atomic E-state index is 0.0312. The highest BCUT2D eigenvalue weighted by atomic mass is 16.4. The lowest BCUT2D eigenvalue weighted by molar-refractivity contribution is -0.141. The third-order valence-corrected chi connectivity index (χ3v) is 3.14. The van der Waals surface area contributed by atoms with Crippen molar-refractivity contribution in [3.8, 4) is 0 Å². The van der Waals surface area contributed by atoms with E-state index in [0.29, 0.717) is 26.2 Å².